The lowest BCUT2D eigenvalue weighted by molar-refractivity contribution is -0.141. The maximum Gasteiger partial charge on any atom is 0.433 e. The van der Waals surface area contributed by atoms with Crippen molar-refractivity contribution in [2.45, 2.75) is 25.4 Å². The highest BCUT2D eigenvalue weighted by molar-refractivity contribution is 5.42. The van der Waals surface area contributed by atoms with E-state index in [0.717, 1.165) is 38.4 Å². The number of hydrogen-bond acceptors (Lipinski definition) is 6. The van der Waals surface area contributed by atoms with Crippen LogP contribution in [-0.2, 0) is 6.18 Å². The molecule has 9 heteroatoms. The van der Waals surface area contributed by atoms with Gasteiger partial charge in [-0.25, -0.2) is 15.8 Å². The monoisotopic (exact) mass is 276 g/mol. The summed E-state index contributed by atoms with van der Waals surface area (Å²) in [5, 5.41) is 1.84. The standard InChI is InChI=1S/C10H15F3N6/c11-10(12,13)7-6-8(16-9(15-7)17-14)18-19-4-2-1-3-5-19/h6H,1-5,14H2,(H2,15,16,17,18). The Bertz CT molecular complexity index is 430. The van der Waals surface area contributed by atoms with E-state index in [1.54, 1.807) is 0 Å². The van der Waals surface area contributed by atoms with Crippen LogP contribution in [0, 0.1) is 0 Å². The summed E-state index contributed by atoms with van der Waals surface area (Å²) in [4.78, 5) is 7.15. The Kier molecular flexibility index (Phi) is 4.05. The van der Waals surface area contributed by atoms with Gasteiger partial charge >= 0.3 is 6.18 Å². The fourth-order valence-corrected chi connectivity index (χ4v) is 1.88. The predicted molar refractivity (Wildman–Crippen MR) is 63.9 cm³/mol. The van der Waals surface area contributed by atoms with Crippen LogP contribution in [-0.4, -0.2) is 28.1 Å². The SMILES string of the molecule is NNc1nc(NN2CCCCC2)cc(C(F)(F)F)n1. The molecule has 0 aromatic carbocycles. The number of alkyl halides is 3. The third-order valence-electron chi connectivity index (χ3n) is 2.77. The van der Waals surface area contributed by atoms with E-state index in [-0.39, 0.29) is 11.8 Å². The highest BCUT2D eigenvalue weighted by atomic mass is 19.4. The van der Waals surface area contributed by atoms with E-state index in [1.165, 1.54) is 0 Å². The van der Waals surface area contributed by atoms with Crippen LogP contribution in [0.3, 0.4) is 0 Å². The summed E-state index contributed by atoms with van der Waals surface area (Å²) in [5.41, 5.74) is 3.86. The Labute approximate surface area is 108 Å². The Morgan fingerprint density at radius 2 is 1.84 bits per heavy atom. The first-order valence-electron chi connectivity index (χ1n) is 5.93. The normalized spacial score (nSPS) is 17.3. The summed E-state index contributed by atoms with van der Waals surface area (Å²) in [5.74, 6) is 4.89. The summed E-state index contributed by atoms with van der Waals surface area (Å²) in [6.07, 6.45) is -1.39. The summed E-state index contributed by atoms with van der Waals surface area (Å²) >= 11 is 0. The molecule has 1 aromatic heterocycles. The zero-order chi connectivity index (χ0) is 13.9. The van der Waals surface area contributed by atoms with Crippen LogP contribution in [0.5, 0.6) is 0 Å². The zero-order valence-corrected chi connectivity index (χ0v) is 10.2. The van der Waals surface area contributed by atoms with Gasteiger partial charge in [-0.15, -0.1) is 0 Å². The molecule has 0 atom stereocenters. The molecule has 0 saturated carbocycles. The molecule has 0 radical (unpaired) electrons. The largest absolute Gasteiger partial charge is 0.433 e. The van der Waals surface area contributed by atoms with Gasteiger partial charge in [0.05, 0.1) is 0 Å². The van der Waals surface area contributed by atoms with Crippen molar-refractivity contribution in [1.29, 1.82) is 0 Å². The maximum absolute atomic E-state index is 12.7. The van der Waals surface area contributed by atoms with Crippen LogP contribution in [0.2, 0.25) is 0 Å². The summed E-state index contributed by atoms with van der Waals surface area (Å²) < 4.78 is 38.0. The second-order valence-electron chi connectivity index (χ2n) is 4.26. The van der Waals surface area contributed by atoms with Gasteiger partial charge in [0.25, 0.3) is 0 Å². The van der Waals surface area contributed by atoms with Crippen LogP contribution in [0.4, 0.5) is 24.9 Å². The lowest BCUT2D eigenvalue weighted by Crippen LogP contribution is -2.35. The van der Waals surface area contributed by atoms with Crippen LogP contribution in [0.25, 0.3) is 0 Å². The molecule has 1 fully saturated rings. The van der Waals surface area contributed by atoms with Gasteiger partial charge in [0.15, 0.2) is 5.69 Å². The molecule has 4 N–H and O–H groups in total. The minimum Gasteiger partial charge on any atom is -0.303 e. The van der Waals surface area contributed by atoms with E-state index in [0.29, 0.717) is 0 Å². The second kappa shape index (κ2) is 5.57. The number of nitrogen functional groups attached to an aromatic ring is 1. The predicted octanol–water partition coefficient (Wildman–Crippen LogP) is 1.59. The van der Waals surface area contributed by atoms with Gasteiger partial charge in [0, 0.05) is 19.2 Å². The molecule has 2 heterocycles. The van der Waals surface area contributed by atoms with Gasteiger partial charge in [-0.05, 0) is 12.8 Å². The Morgan fingerprint density at radius 1 is 1.16 bits per heavy atom. The highest BCUT2D eigenvalue weighted by Gasteiger charge is 2.33. The van der Waals surface area contributed by atoms with E-state index in [4.69, 9.17) is 5.84 Å². The minimum atomic E-state index is -4.53. The number of aromatic nitrogens is 2. The molecule has 1 saturated heterocycles. The molecule has 1 aliphatic heterocycles. The first kappa shape index (κ1) is 13.8. The van der Waals surface area contributed by atoms with Gasteiger partial charge in [-0.1, -0.05) is 6.42 Å². The Balaban J connectivity index is 2.19. The topological polar surface area (TPSA) is 79.1 Å². The lowest BCUT2D eigenvalue weighted by atomic mass is 10.2. The van der Waals surface area contributed by atoms with Crippen LogP contribution >= 0.6 is 0 Å². The molecule has 0 aliphatic carbocycles. The van der Waals surface area contributed by atoms with E-state index in [9.17, 15) is 13.2 Å². The molecule has 0 unspecified atom stereocenters. The Morgan fingerprint density at radius 3 is 2.42 bits per heavy atom. The molecular formula is C10H15F3N6. The summed E-state index contributed by atoms with van der Waals surface area (Å²) in [6.45, 7) is 1.55. The molecule has 1 aromatic rings. The van der Waals surface area contributed by atoms with Crippen LogP contribution < -0.4 is 16.7 Å². The van der Waals surface area contributed by atoms with Crippen molar-refractivity contribution in [3.05, 3.63) is 11.8 Å². The quantitative estimate of drug-likeness (QED) is 0.575. The first-order chi connectivity index (χ1) is 8.99. The number of rotatable bonds is 3. The van der Waals surface area contributed by atoms with Crippen LogP contribution in [0.1, 0.15) is 25.0 Å². The van der Waals surface area contributed by atoms with E-state index in [1.807, 2.05) is 10.4 Å². The van der Waals surface area contributed by atoms with Crippen molar-refractivity contribution in [2.75, 3.05) is 23.9 Å². The molecule has 106 valence electrons. The van der Waals surface area contributed by atoms with Crippen molar-refractivity contribution in [3.63, 3.8) is 0 Å². The highest BCUT2D eigenvalue weighted by Crippen LogP contribution is 2.29. The average Bonchev–Trinajstić information content (AvgIpc) is 2.38. The van der Waals surface area contributed by atoms with E-state index in [2.05, 4.69) is 15.4 Å². The molecule has 1 aliphatic rings. The molecule has 6 nitrogen and oxygen atoms in total. The van der Waals surface area contributed by atoms with E-state index < -0.39 is 11.9 Å². The Hall–Kier alpha value is -1.61. The fraction of sp³-hybridized carbons (Fsp3) is 0.600. The number of halogens is 3. The third-order valence-corrected chi connectivity index (χ3v) is 2.77. The van der Waals surface area contributed by atoms with Gasteiger partial charge in [0.2, 0.25) is 5.95 Å². The molecule has 0 spiro atoms. The molecule has 0 bridgehead atoms. The van der Waals surface area contributed by atoms with Crippen molar-refractivity contribution >= 4 is 11.8 Å². The number of hydrazine groups is 2. The number of nitrogens with one attached hydrogen (secondary N) is 2. The fourth-order valence-electron chi connectivity index (χ4n) is 1.88. The number of hydrogen-bond donors (Lipinski definition) is 3. The summed E-state index contributed by atoms with van der Waals surface area (Å²) in [7, 11) is 0. The van der Waals surface area contributed by atoms with Gasteiger partial charge < -0.3 is 5.43 Å². The number of anilines is 2. The first-order valence-corrected chi connectivity index (χ1v) is 5.93. The van der Waals surface area contributed by atoms with Gasteiger partial charge in [0.1, 0.15) is 5.82 Å². The maximum atomic E-state index is 12.7. The second-order valence-corrected chi connectivity index (χ2v) is 4.26. The molecule has 0 amide bonds. The summed E-state index contributed by atoms with van der Waals surface area (Å²) in [6, 6.07) is 0.870. The smallest absolute Gasteiger partial charge is 0.303 e. The van der Waals surface area contributed by atoms with Crippen molar-refractivity contribution < 1.29 is 13.2 Å². The van der Waals surface area contributed by atoms with Crippen molar-refractivity contribution in [3.8, 4) is 0 Å². The third kappa shape index (κ3) is 3.67. The van der Waals surface area contributed by atoms with E-state index >= 15 is 0 Å². The van der Waals surface area contributed by atoms with Crippen molar-refractivity contribution in [2.24, 2.45) is 5.84 Å². The zero-order valence-electron chi connectivity index (χ0n) is 10.2. The molecule has 19 heavy (non-hydrogen) atoms. The number of nitrogens with zero attached hydrogens (tertiary/aromatic N) is 3. The lowest BCUT2D eigenvalue weighted by Gasteiger charge is -2.27. The number of nitrogens with two attached hydrogens (primary N) is 1. The average molecular weight is 276 g/mol. The van der Waals surface area contributed by atoms with Gasteiger partial charge in [-0.3, -0.25) is 5.43 Å². The molecular weight excluding hydrogens is 261 g/mol. The minimum absolute atomic E-state index is 0.0807. The van der Waals surface area contributed by atoms with Crippen LogP contribution in [0.15, 0.2) is 6.07 Å². The molecule has 2 rings (SSSR count). The van der Waals surface area contributed by atoms with Crippen molar-refractivity contribution in [1.82, 2.24) is 15.0 Å². The van der Waals surface area contributed by atoms with Gasteiger partial charge in [-0.2, -0.15) is 18.2 Å². The number of piperidine rings is 1.